The van der Waals surface area contributed by atoms with Gasteiger partial charge in [0.15, 0.2) is 0 Å². The molecule has 1 rings (SSSR count). The van der Waals surface area contributed by atoms with Crippen molar-refractivity contribution in [1.29, 1.82) is 0 Å². The first-order chi connectivity index (χ1) is 7.93. The predicted octanol–water partition coefficient (Wildman–Crippen LogP) is 3.02. The molecule has 0 aliphatic heterocycles. The Kier molecular flexibility index (Phi) is 5.48. The molecule has 1 aliphatic rings. The molecule has 1 aliphatic carbocycles. The molecule has 0 fully saturated rings. The number of allylic oxidation sites excluding steroid dienone is 4. The lowest BCUT2D eigenvalue weighted by molar-refractivity contribution is 0.297. The van der Waals surface area contributed by atoms with E-state index in [4.69, 9.17) is 0 Å². The second kappa shape index (κ2) is 6.41. The molecule has 0 amide bonds. The Morgan fingerprint density at radius 3 is 2.06 bits per heavy atom. The van der Waals surface area contributed by atoms with Crippen molar-refractivity contribution in [3.05, 3.63) is 23.7 Å². The molecule has 17 heavy (non-hydrogen) atoms. The minimum atomic E-state index is 0.366. The fourth-order valence-corrected chi connectivity index (χ4v) is 2.56. The van der Waals surface area contributed by atoms with E-state index in [9.17, 15) is 0 Å². The summed E-state index contributed by atoms with van der Waals surface area (Å²) in [5.74, 6) is 0. The summed E-state index contributed by atoms with van der Waals surface area (Å²) in [6.45, 7) is 13.9. The zero-order valence-electron chi connectivity index (χ0n) is 12.2. The normalized spacial score (nSPS) is 15.5. The van der Waals surface area contributed by atoms with Gasteiger partial charge in [-0.1, -0.05) is 65.2 Å². The average molecular weight is 234 g/mol. The Balaban J connectivity index is 2.87. The smallest absolute Gasteiger partial charge is 0.336 e. The summed E-state index contributed by atoms with van der Waals surface area (Å²) in [5, 5.41) is 3.70. The van der Waals surface area contributed by atoms with Crippen LogP contribution in [0.5, 0.6) is 0 Å². The summed E-state index contributed by atoms with van der Waals surface area (Å²) in [4.78, 5) is 2.55. The zero-order valence-corrected chi connectivity index (χ0v) is 12.2. The van der Waals surface area contributed by atoms with E-state index in [1.807, 2.05) is 0 Å². The lowest BCUT2D eigenvalue weighted by Gasteiger charge is -2.38. The van der Waals surface area contributed by atoms with Crippen LogP contribution in [0.3, 0.4) is 0 Å². The maximum Gasteiger partial charge on any atom is 0.340 e. The summed E-state index contributed by atoms with van der Waals surface area (Å²) in [5.41, 5.74) is 1.49. The second-order valence-corrected chi connectivity index (χ2v) is 5.73. The highest BCUT2D eigenvalue weighted by atomic mass is 15.2. The van der Waals surface area contributed by atoms with Crippen LogP contribution in [0.4, 0.5) is 0 Å². The monoisotopic (exact) mass is 234 g/mol. The first-order valence-electron chi connectivity index (χ1n) is 6.82. The third-order valence-electron chi connectivity index (χ3n) is 3.13. The molecule has 96 valence electrons. The lowest BCUT2D eigenvalue weighted by atomic mass is 9.62. The quantitative estimate of drug-likeness (QED) is 0.710. The van der Waals surface area contributed by atoms with Gasteiger partial charge in [-0.2, -0.15) is 0 Å². The molecule has 0 radical (unpaired) electrons. The van der Waals surface area contributed by atoms with Gasteiger partial charge in [-0.05, 0) is 24.5 Å². The van der Waals surface area contributed by atoms with Gasteiger partial charge in [0.2, 0.25) is 0 Å². The van der Waals surface area contributed by atoms with Crippen LogP contribution in [0.15, 0.2) is 23.7 Å². The van der Waals surface area contributed by atoms with E-state index in [1.54, 1.807) is 0 Å². The van der Waals surface area contributed by atoms with Crippen LogP contribution in [-0.4, -0.2) is 29.9 Å². The Hall–Kier alpha value is -0.535. The Morgan fingerprint density at radius 2 is 1.71 bits per heavy atom. The van der Waals surface area contributed by atoms with E-state index < -0.39 is 0 Å². The van der Waals surface area contributed by atoms with Crippen molar-refractivity contribution in [2.75, 3.05) is 0 Å². The van der Waals surface area contributed by atoms with Gasteiger partial charge in [-0.3, -0.25) is 0 Å². The standard InChI is InChI=1S/C14H27BN2/c1-11(2)16-15(14-9-7-8-10-14)17(12(3)4)13(5)6/h7-9,11-13,16H,10H2,1-6H3. The van der Waals surface area contributed by atoms with E-state index in [2.05, 4.69) is 69.8 Å². The van der Waals surface area contributed by atoms with Gasteiger partial charge in [0, 0.05) is 0 Å². The largest absolute Gasteiger partial charge is 0.340 e. The van der Waals surface area contributed by atoms with Crippen molar-refractivity contribution in [2.45, 2.75) is 66.1 Å². The van der Waals surface area contributed by atoms with Crippen molar-refractivity contribution < 1.29 is 0 Å². The minimum Gasteiger partial charge on any atom is -0.336 e. The molecule has 2 nitrogen and oxygen atoms in total. The van der Waals surface area contributed by atoms with Crippen molar-refractivity contribution in [2.24, 2.45) is 0 Å². The van der Waals surface area contributed by atoms with E-state index in [1.165, 1.54) is 5.47 Å². The zero-order chi connectivity index (χ0) is 13.0. The van der Waals surface area contributed by atoms with Crippen LogP contribution >= 0.6 is 0 Å². The molecular formula is C14H27BN2. The first kappa shape index (κ1) is 14.5. The molecule has 0 saturated heterocycles. The van der Waals surface area contributed by atoms with Crippen LogP contribution in [0, 0.1) is 0 Å². The summed E-state index contributed by atoms with van der Waals surface area (Å²) in [6.07, 6.45) is 7.75. The highest BCUT2D eigenvalue weighted by molar-refractivity contribution is 6.61. The van der Waals surface area contributed by atoms with Crippen LogP contribution < -0.4 is 5.23 Å². The van der Waals surface area contributed by atoms with Gasteiger partial charge in [0.25, 0.3) is 0 Å². The molecule has 0 atom stereocenters. The van der Waals surface area contributed by atoms with Gasteiger partial charge in [-0.25, -0.2) is 0 Å². The summed E-state index contributed by atoms with van der Waals surface area (Å²) < 4.78 is 0. The van der Waals surface area contributed by atoms with E-state index in [0.29, 0.717) is 25.1 Å². The molecule has 0 aromatic carbocycles. The number of hydrogen-bond acceptors (Lipinski definition) is 2. The van der Waals surface area contributed by atoms with E-state index in [0.717, 1.165) is 6.42 Å². The highest BCUT2D eigenvalue weighted by Crippen LogP contribution is 2.19. The number of nitrogens with zero attached hydrogens (tertiary/aromatic N) is 1. The molecule has 0 saturated carbocycles. The lowest BCUT2D eigenvalue weighted by Crippen LogP contribution is -2.59. The van der Waals surface area contributed by atoms with Crippen molar-refractivity contribution in [3.8, 4) is 0 Å². The number of hydrogen-bond donors (Lipinski definition) is 1. The average Bonchev–Trinajstić information content (AvgIpc) is 2.66. The summed E-state index contributed by atoms with van der Waals surface area (Å²) >= 11 is 0. The maximum atomic E-state index is 3.70. The first-order valence-corrected chi connectivity index (χ1v) is 6.82. The van der Waals surface area contributed by atoms with Gasteiger partial charge < -0.3 is 10.0 Å². The van der Waals surface area contributed by atoms with Gasteiger partial charge >= 0.3 is 6.98 Å². The van der Waals surface area contributed by atoms with Crippen molar-refractivity contribution in [3.63, 3.8) is 0 Å². The predicted molar refractivity (Wildman–Crippen MR) is 78.0 cm³/mol. The summed E-state index contributed by atoms with van der Waals surface area (Å²) in [7, 11) is 0. The van der Waals surface area contributed by atoms with E-state index >= 15 is 0 Å². The second-order valence-electron chi connectivity index (χ2n) is 5.73. The fraction of sp³-hybridized carbons (Fsp3) is 0.714. The number of nitrogens with one attached hydrogen (secondary N) is 1. The Bertz CT molecular complexity index is 285. The molecule has 1 N–H and O–H groups in total. The molecular weight excluding hydrogens is 207 g/mol. The topological polar surface area (TPSA) is 15.3 Å². The minimum absolute atomic E-state index is 0.366. The van der Waals surface area contributed by atoms with Crippen LogP contribution in [0.25, 0.3) is 0 Å². The molecule has 3 heteroatoms. The molecule has 0 unspecified atom stereocenters. The molecule has 0 aromatic rings. The molecule has 0 aromatic heterocycles. The van der Waals surface area contributed by atoms with Crippen molar-refractivity contribution >= 4 is 6.98 Å². The highest BCUT2D eigenvalue weighted by Gasteiger charge is 2.31. The molecule has 0 spiro atoms. The van der Waals surface area contributed by atoms with Crippen LogP contribution in [-0.2, 0) is 0 Å². The third kappa shape index (κ3) is 4.00. The molecule has 0 heterocycles. The van der Waals surface area contributed by atoms with Crippen molar-refractivity contribution in [1.82, 2.24) is 10.0 Å². The fourth-order valence-electron chi connectivity index (χ4n) is 2.56. The summed E-state index contributed by atoms with van der Waals surface area (Å²) in [6, 6.07) is 1.60. The number of rotatable bonds is 6. The van der Waals surface area contributed by atoms with E-state index in [-0.39, 0.29) is 0 Å². The van der Waals surface area contributed by atoms with Crippen LogP contribution in [0.1, 0.15) is 48.0 Å². The maximum absolute atomic E-state index is 3.70. The van der Waals surface area contributed by atoms with Gasteiger partial charge in [-0.15, -0.1) is 0 Å². The van der Waals surface area contributed by atoms with Crippen LogP contribution in [0.2, 0.25) is 0 Å². The molecule has 0 bridgehead atoms. The Labute approximate surface area is 107 Å². The SMILES string of the molecule is CC(C)NB(C1=CC=CC1)N(C(C)C)C(C)C. The third-order valence-corrected chi connectivity index (χ3v) is 3.13. The van der Waals surface area contributed by atoms with Gasteiger partial charge in [0.1, 0.15) is 0 Å². The Morgan fingerprint density at radius 1 is 1.12 bits per heavy atom. The van der Waals surface area contributed by atoms with Gasteiger partial charge in [0.05, 0.1) is 0 Å².